The molecule has 0 atom stereocenters. The van der Waals surface area contributed by atoms with Crippen molar-refractivity contribution in [2.24, 2.45) is 0 Å². The van der Waals surface area contributed by atoms with Crippen LogP contribution in [0.1, 0.15) is 19.8 Å². The van der Waals surface area contributed by atoms with Gasteiger partial charge in [-0.2, -0.15) is 13.2 Å². The molecule has 1 N–H and O–H groups in total. The fourth-order valence-electron chi connectivity index (χ4n) is 0.829. The number of alkyl halides is 3. The van der Waals surface area contributed by atoms with Crippen LogP contribution in [0.2, 0.25) is 0 Å². The summed E-state index contributed by atoms with van der Waals surface area (Å²) in [6, 6.07) is 0. The van der Waals surface area contributed by atoms with Crippen LogP contribution in [-0.4, -0.2) is 32.5 Å². The summed E-state index contributed by atoms with van der Waals surface area (Å²) in [4.78, 5) is 0. The Balaban J connectivity index is 3.00. The van der Waals surface area contributed by atoms with Crippen LogP contribution in [0.5, 0.6) is 0 Å². The summed E-state index contributed by atoms with van der Waals surface area (Å²) in [5.74, 6) is 0. The van der Waals surface area contributed by atoms with E-state index in [2.05, 4.69) is 5.32 Å². The maximum Gasteiger partial charge on any atom is 0.401 e. The van der Waals surface area contributed by atoms with Crippen LogP contribution >= 0.6 is 0 Å². The van der Waals surface area contributed by atoms with E-state index in [0.29, 0.717) is 19.8 Å². The molecule has 5 heteroatoms. The molecule has 13 heavy (non-hydrogen) atoms. The third-order valence-corrected chi connectivity index (χ3v) is 1.42. The molecular weight excluding hydrogens is 183 g/mol. The van der Waals surface area contributed by atoms with Gasteiger partial charge in [-0.15, -0.1) is 0 Å². The zero-order valence-electron chi connectivity index (χ0n) is 7.78. The Morgan fingerprint density at radius 1 is 1.23 bits per heavy atom. The van der Waals surface area contributed by atoms with Crippen LogP contribution in [-0.2, 0) is 4.74 Å². The number of hydrogen-bond acceptors (Lipinski definition) is 2. The second-order valence-electron chi connectivity index (χ2n) is 2.70. The van der Waals surface area contributed by atoms with E-state index in [0.717, 1.165) is 12.8 Å². The largest absolute Gasteiger partial charge is 0.401 e. The van der Waals surface area contributed by atoms with E-state index >= 15 is 0 Å². The van der Waals surface area contributed by atoms with Gasteiger partial charge in [0.15, 0.2) is 0 Å². The van der Waals surface area contributed by atoms with Gasteiger partial charge in [0.2, 0.25) is 0 Å². The first-order chi connectivity index (χ1) is 6.06. The Bertz CT molecular complexity index is 116. The van der Waals surface area contributed by atoms with Crippen molar-refractivity contribution in [3.05, 3.63) is 0 Å². The lowest BCUT2D eigenvalue weighted by Crippen LogP contribution is -2.29. The van der Waals surface area contributed by atoms with Gasteiger partial charge < -0.3 is 10.1 Å². The summed E-state index contributed by atoms with van der Waals surface area (Å²) < 4.78 is 39.8. The van der Waals surface area contributed by atoms with Crippen LogP contribution in [0.25, 0.3) is 0 Å². The first-order valence-electron chi connectivity index (χ1n) is 4.41. The molecule has 0 saturated heterocycles. The number of halogens is 3. The topological polar surface area (TPSA) is 21.3 Å². The number of hydrogen-bond donors (Lipinski definition) is 1. The van der Waals surface area contributed by atoms with Gasteiger partial charge in [-0.05, 0) is 26.3 Å². The van der Waals surface area contributed by atoms with Crippen LogP contribution in [0.3, 0.4) is 0 Å². The quantitative estimate of drug-likeness (QED) is 0.633. The molecule has 0 aliphatic carbocycles. The van der Waals surface area contributed by atoms with Crippen molar-refractivity contribution in [2.45, 2.75) is 25.9 Å². The standard InChI is InChI=1S/C8H16F3NO/c1-2-13-6-4-3-5-12-7-8(9,10)11/h12H,2-7H2,1H3. The Kier molecular flexibility index (Phi) is 6.99. The first kappa shape index (κ1) is 12.7. The number of ether oxygens (including phenoxy) is 1. The Labute approximate surface area is 76.5 Å². The number of rotatable bonds is 7. The van der Waals surface area contributed by atoms with Crippen LogP contribution in [0.4, 0.5) is 13.2 Å². The van der Waals surface area contributed by atoms with Crippen molar-refractivity contribution in [1.82, 2.24) is 5.32 Å². The molecule has 0 fully saturated rings. The predicted octanol–water partition coefficient (Wildman–Crippen LogP) is 1.96. The van der Waals surface area contributed by atoms with Crippen molar-refractivity contribution in [2.75, 3.05) is 26.3 Å². The smallest absolute Gasteiger partial charge is 0.382 e. The summed E-state index contributed by atoms with van der Waals surface area (Å²) in [5, 5.41) is 2.32. The van der Waals surface area contributed by atoms with Gasteiger partial charge in [0.1, 0.15) is 0 Å². The molecule has 0 bridgehead atoms. The highest BCUT2D eigenvalue weighted by Gasteiger charge is 2.25. The molecule has 80 valence electrons. The van der Waals surface area contributed by atoms with E-state index in [4.69, 9.17) is 4.74 Å². The van der Waals surface area contributed by atoms with Crippen molar-refractivity contribution in [3.63, 3.8) is 0 Å². The van der Waals surface area contributed by atoms with Crippen molar-refractivity contribution >= 4 is 0 Å². The van der Waals surface area contributed by atoms with Crippen LogP contribution < -0.4 is 5.32 Å². The lowest BCUT2D eigenvalue weighted by atomic mass is 10.3. The summed E-state index contributed by atoms with van der Waals surface area (Å²) >= 11 is 0. The van der Waals surface area contributed by atoms with Gasteiger partial charge in [-0.1, -0.05) is 0 Å². The molecule has 0 aliphatic heterocycles. The Morgan fingerprint density at radius 3 is 2.46 bits per heavy atom. The van der Waals surface area contributed by atoms with Gasteiger partial charge in [-0.25, -0.2) is 0 Å². The molecule has 0 heterocycles. The molecule has 0 rings (SSSR count). The monoisotopic (exact) mass is 199 g/mol. The summed E-state index contributed by atoms with van der Waals surface area (Å²) in [5.41, 5.74) is 0. The van der Waals surface area contributed by atoms with E-state index in [1.807, 2.05) is 6.92 Å². The fraction of sp³-hybridized carbons (Fsp3) is 1.00. The molecule has 0 aromatic heterocycles. The highest BCUT2D eigenvalue weighted by molar-refractivity contribution is 4.55. The summed E-state index contributed by atoms with van der Waals surface area (Å²) in [6.07, 6.45) is -2.57. The predicted molar refractivity (Wildman–Crippen MR) is 44.7 cm³/mol. The van der Waals surface area contributed by atoms with Crippen molar-refractivity contribution in [1.29, 1.82) is 0 Å². The van der Waals surface area contributed by atoms with Crippen LogP contribution in [0, 0.1) is 0 Å². The van der Waals surface area contributed by atoms with Crippen molar-refractivity contribution in [3.8, 4) is 0 Å². The highest BCUT2D eigenvalue weighted by atomic mass is 19.4. The third kappa shape index (κ3) is 11.7. The fourth-order valence-corrected chi connectivity index (χ4v) is 0.829. The zero-order valence-corrected chi connectivity index (χ0v) is 7.78. The highest BCUT2D eigenvalue weighted by Crippen LogP contribution is 2.11. The summed E-state index contributed by atoms with van der Waals surface area (Å²) in [7, 11) is 0. The lowest BCUT2D eigenvalue weighted by Gasteiger charge is -2.07. The molecule has 0 spiro atoms. The minimum Gasteiger partial charge on any atom is -0.382 e. The second kappa shape index (κ2) is 7.15. The van der Waals surface area contributed by atoms with E-state index < -0.39 is 12.7 Å². The molecule has 0 aliphatic rings. The van der Waals surface area contributed by atoms with Gasteiger partial charge in [-0.3, -0.25) is 0 Å². The normalized spacial score (nSPS) is 12.0. The van der Waals surface area contributed by atoms with Crippen molar-refractivity contribution < 1.29 is 17.9 Å². The lowest BCUT2D eigenvalue weighted by molar-refractivity contribution is -0.124. The molecule has 0 saturated carbocycles. The van der Waals surface area contributed by atoms with Gasteiger partial charge in [0.05, 0.1) is 6.54 Å². The number of unbranched alkanes of at least 4 members (excludes halogenated alkanes) is 1. The Morgan fingerprint density at radius 2 is 1.92 bits per heavy atom. The molecule has 0 amide bonds. The average Bonchev–Trinajstić information content (AvgIpc) is 2.01. The maximum atomic E-state index is 11.6. The Hall–Kier alpha value is -0.290. The second-order valence-corrected chi connectivity index (χ2v) is 2.70. The van der Waals surface area contributed by atoms with E-state index in [1.54, 1.807) is 0 Å². The van der Waals surface area contributed by atoms with Gasteiger partial charge >= 0.3 is 6.18 Å². The number of nitrogens with one attached hydrogen (secondary N) is 1. The van der Waals surface area contributed by atoms with E-state index in [9.17, 15) is 13.2 Å². The summed E-state index contributed by atoms with van der Waals surface area (Å²) in [6.45, 7) is 2.68. The molecule has 0 aromatic carbocycles. The SMILES string of the molecule is CCOCCCCNCC(F)(F)F. The minimum atomic E-state index is -4.10. The molecular formula is C8H16F3NO. The molecule has 2 nitrogen and oxygen atoms in total. The maximum absolute atomic E-state index is 11.6. The van der Waals surface area contributed by atoms with E-state index in [1.165, 1.54) is 0 Å². The molecule has 0 radical (unpaired) electrons. The van der Waals surface area contributed by atoms with E-state index in [-0.39, 0.29) is 0 Å². The minimum absolute atomic E-state index is 0.395. The third-order valence-electron chi connectivity index (χ3n) is 1.42. The zero-order chi connectivity index (χ0) is 10.2. The first-order valence-corrected chi connectivity index (χ1v) is 4.41. The van der Waals surface area contributed by atoms with Crippen LogP contribution in [0.15, 0.2) is 0 Å². The average molecular weight is 199 g/mol. The molecule has 0 unspecified atom stereocenters. The molecule has 0 aromatic rings. The van der Waals surface area contributed by atoms with Gasteiger partial charge in [0, 0.05) is 13.2 Å². The van der Waals surface area contributed by atoms with Gasteiger partial charge in [0.25, 0.3) is 0 Å².